The fourth-order valence-corrected chi connectivity index (χ4v) is 4.86. The van der Waals surface area contributed by atoms with Gasteiger partial charge in [-0.1, -0.05) is 13.0 Å². The van der Waals surface area contributed by atoms with E-state index in [-0.39, 0.29) is 37.4 Å². The number of urea groups is 1. The van der Waals surface area contributed by atoms with E-state index in [2.05, 4.69) is 5.32 Å². The van der Waals surface area contributed by atoms with Crippen molar-refractivity contribution in [2.24, 2.45) is 0 Å². The quantitative estimate of drug-likeness (QED) is 0.437. The molecule has 2 atom stereocenters. The van der Waals surface area contributed by atoms with Crippen LogP contribution in [-0.2, 0) is 23.7 Å². The number of alkyl halides is 6. The standard InChI is InChI=1S/C26H28F7N3O2/c1-4-23(37)36(14-16-10-17(25(28,29)30)12-18(11-16)26(31,32)33)20-7-8-35(24(38)34-3)22(13-20)21-6-5-19(27)9-15(21)2/h5-6,9-12,20,22H,4,7-8,13-14H2,1-3H3,(H,34,38)/t20-,22+/m1/s1. The molecule has 5 nitrogen and oxygen atoms in total. The topological polar surface area (TPSA) is 52.7 Å². The van der Waals surface area contributed by atoms with Gasteiger partial charge in [-0.15, -0.1) is 0 Å². The third-order valence-electron chi connectivity index (χ3n) is 6.70. The van der Waals surface area contributed by atoms with E-state index in [1.54, 1.807) is 13.8 Å². The molecule has 3 rings (SSSR count). The Balaban J connectivity index is 2.01. The summed E-state index contributed by atoms with van der Waals surface area (Å²) in [5.74, 6) is -0.929. The van der Waals surface area contributed by atoms with Crippen LogP contribution in [0.1, 0.15) is 60.0 Å². The smallest absolute Gasteiger partial charge is 0.341 e. The molecule has 0 saturated carbocycles. The minimum absolute atomic E-state index is 0.0268. The van der Waals surface area contributed by atoms with Crippen LogP contribution in [-0.4, -0.2) is 41.4 Å². The van der Waals surface area contributed by atoms with Crippen LogP contribution in [0.25, 0.3) is 0 Å². The summed E-state index contributed by atoms with van der Waals surface area (Å²) in [5.41, 5.74) is -2.04. The van der Waals surface area contributed by atoms with Crippen LogP contribution in [0.3, 0.4) is 0 Å². The maximum atomic E-state index is 13.8. The molecule has 0 spiro atoms. The second-order valence-corrected chi connectivity index (χ2v) is 9.23. The van der Waals surface area contributed by atoms with Gasteiger partial charge in [0.2, 0.25) is 5.91 Å². The Morgan fingerprint density at radius 2 is 1.63 bits per heavy atom. The first-order chi connectivity index (χ1) is 17.6. The van der Waals surface area contributed by atoms with Gasteiger partial charge in [-0.2, -0.15) is 26.3 Å². The van der Waals surface area contributed by atoms with Crippen molar-refractivity contribution in [2.75, 3.05) is 13.6 Å². The molecule has 0 aromatic heterocycles. The van der Waals surface area contributed by atoms with E-state index in [4.69, 9.17) is 0 Å². The summed E-state index contributed by atoms with van der Waals surface area (Å²) >= 11 is 0. The van der Waals surface area contributed by atoms with E-state index >= 15 is 0 Å². The highest BCUT2D eigenvalue weighted by atomic mass is 19.4. The number of amides is 3. The lowest BCUT2D eigenvalue weighted by molar-refractivity contribution is -0.143. The third-order valence-corrected chi connectivity index (χ3v) is 6.70. The summed E-state index contributed by atoms with van der Waals surface area (Å²) in [7, 11) is 1.45. The van der Waals surface area contributed by atoms with Crippen LogP contribution >= 0.6 is 0 Å². The predicted octanol–water partition coefficient (Wildman–Crippen LogP) is 6.46. The third kappa shape index (κ3) is 6.57. The zero-order valence-electron chi connectivity index (χ0n) is 21.0. The molecule has 1 N–H and O–H groups in total. The summed E-state index contributed by atoms with van der Waals surface area (Å²) in [5, 5.41) is 2.54. The number of hydrogen-bond acceptors (Lipinski definition) is 2. The number of carbonyl (C=O) groups excluding carboxylic acids is 2. The van der Waals surface area contributed by atoms with Crippen LogP contribution in [0.15, 0.2) is 36.4 Å². The van der Waals surface area contributed by atoms with Crippen molar-refractivity contribution < 1.29 is 40.3 Å². The predicted molar refractivity (Wildman–Crippen MR) is 125 cm³/mol. The largest absolute Gasteiger partial charge is 0.416 e. The molecule has 0 radical (unpaired) electrons. The molecule has 12 heteroatoms. The first kappa shape index (κ1) is 29.2. The Kier molecular flexibility index (Phi) is 8.62. The minimum Gasteiger partial charge on any atom is -0.341 e. The summed E-state index contributed by atoms with van der Waals surface area (Å²) in [4.78, 5) is 28.3. The number of nitrogens with one attached hydrogen (secondary N) is 1. The maximum Gasteiger partial charge on any atom is 0.416 e. The van der Waals surface area contributed by atoms with Gasteiger partial charge in [0.15, 0.2) is 0 Å². The molecule has 1 saturated heterocycles. The van der Waals surface area contributed by atoms with Gasteiger partial charge in [0, 0.05) is 32.6 Å². The van der Waals surface area contributed by atoms with Gasteiger partial charge in [0.05, 0.1) is 17.2 Å². The van der Waals surface area contributed by atoms with E-state index in [1.165, 1.54) is 35.0 Å². The lowest BCUT2D eigenvalue weighted by Crippen LogP contribution is -2.51. The van der Waals surface area contributed by atoms with E-state index < -0.39 is 59.9 Å². The van der Waals surface area contributed by atoms with E-state index in [1.807, 2.05) is 0 Å². The molecule has 1 aliphatic rings. The molecule has 38 heavy (non-hydrogen) atoms. The zero-order valence-corrected chi connectivity index (χ0v) is 21.0. The number of rotatable bonds is 5. The lowest BCUT2D eigenvalue weighted by atomic mass is 9.88. The number of piperidine rings is 1. The monoisotopic (exact) mass is 547 g/mol. The summed E-state index contributed by atoms with van der Waals surface area (Å²) in [6, 6.07) is 3.75. The van der Waals surface area contributed by atoms with Crippen LogP contribution in [0, 0.1) is 12.7 Å². The van der Waals surface area contributed by atoms with Crippen molar-refractivity contribution in [1.29, 1.82) is 0 Å². The fraction of sp³-hybridized carbons (Fsp3) is 0.462. The molecule has 208 valence electrons. The van der Waals surface area contributed by atoms with E-state index in [0.29, 0.717) is 23.3 Å². The molecule has 1 heterocycles. The van der Waals surface area contributed by atoms with Crippen LogP contribution in [0.2, 0.25) is 0 Å². The van der Waals surface area contributed by atoms with Gasteiger partial charge in [-0.3, -0.25) is 4.79 Å². The van der Waals surface area contributed by atoms with Crippen LogP contribution in [0.4, 0.5) is 35.5 Å². The number of hydrogen-bond donors (Lipinski definition) is 1. The number of aryl methyl sites for hydroxylation is 1. The second-order valence-electron chi connectivity index (χ2n) is 9.23. The molecular formula is C26H28F7N3O2. The van der Waals surface area contributed by atoms with Crippen molar-refractivity contribution in [3.05, 3.63) is 70.0 Å². The second kappa shape index (κ2) is 11.2. The lowest BCUT2D eigenvalue weighted by Gasteiger charge is -2.44. The van der Waals surface area contributed by atoms with Gasteiger partial charge in [0.1, 0.15) is 5.82 Å². The summed E-state index contributed by atoms with van der Waals surface area (Å²) in [6.07, 6.45) is -9.64. The van der Waals surface area contributed by atoms with Gasteiger partial charge in [-0.05, 0) is 66.8 Å². The molecular weight excluding hydrogens is 519 g/mol. The van der Waals surface area contributed by atoms with Gasteiger partial charge in [-0.25, -0.2) is 9.18 Å². The molecule has 1 fully saturated rings. The Morgan fingerprint density at radius 1 is 1.03 bits per heavy atom. The molecule has 3 amide bonds. The Bertz CT molecular complexity index is 1150. The normalized spacial score (nSPS) is 18.3. The van der Waals surface area contributed by atoms with E-state index in [9.17, 15) is 40.3 Å². The van der Waals surface area contributed by atoms with Gasteiger partial charge >= 0.3 is 18.4 Å². The molecule has 2 aromatic rings. The highest BCUT2D eigenvalue weighted by Crippen LogP contribution is 2.38. The molecule has 1 aliphatic heterocycles. The van der Waals surface area contributed by atoms with Crippen molar-refractivity contribution in [1.82, 2.24) is 15.1 Å². The first-order valence-corrected chi connectivity index (χ1v) is 12.0. The number of likely N-dealkylation sites (tertiary alicyclic amines) is 1. The summed E-state index contributed by atoms with van der Waals surface area (Å²) in [6.45, 7) is 2.90. The van der Waals surface area contributed by atoms with Crippen molar-refractivity contribution in [3.8, 4) is 0 Å². The zero-order chi connectivity index (χ0) is 28.4. The van der Waals surface area contributed by atoms with Crippen LogP contribution < -0.4 is 5.32 Å². The summed E-state index contributed by atoms with van der Waals surface area (Å²) < 4.78 is 94.1. The minimum atomic E-state index is -5.01. The van der Waals surface area contributed by atoms with Gasteiger partial charge in [0.25, 0.3) is 0 Å². The number of benzene rings is 2. The van der Waals surface area contributed by atoms with Crippen molar-refractivity contribution in [2.45, 2.75) is 64.1 Å². The molecule has 2 aromatic carbocycles. The molecule has 0 bridgehead atoms. The van der Waals surface area contributed by atoms with Gasteiger partial charge < -0.3 is 15.1 Å². The van der Waals surface area contributed by atoms with Crippen molar-refractivity contribution in [3.63, 3.8) is 0 Å². The maximum absolute atomic E-state index is 13.8. The first-order valence-electron chi connectivity index (χ1n) is 12.0. The Labute approximate surface area is 215 Å². The van der Waals surface area contributed by atoms with Crippen LogP contribution in [0.5, 0.6) is 0 Å². The number of nitrogens with zero attached hydrogens (tertiary/aromatic N) is 2. The fourth-order valence-electron chi connectivity index (χ4n) is 4.86. The Morgan fingerprint density at radius 3 is 2.13 bits per heavy atom. The highest BCUT2D eigenvalue weighted by Gasteiger charge is 2.39. The van der Waals surface area contributed by atoms with E-state index in [0.717, 1.165) is 0 Å². The average molecular weight is 548 g/mol. The number of halogens is 7. The molecule has 0 unspecified atom stereocenters. The van der Waals surface area contributed by atoms with Crippen molar-refractivity contribution >= 4 is 11.9 Å². The molecule has 0 aliphatic carbocycles. The Hall–Kier alpha value is -3.31. The highest BCUT2D eigenvalue weighted by molar-refractivity contribution is 5.77. The number of carbonyl (C=O) groups is 2. The average Bonchev–Trinajstić information content (AvgIpc) is 2.85. The SMILES string of the molecule is CCC(=O)N(Cc1cc(C(F)(F)F)cc(C(F)(F)F)c1)[C@@H]1CCN(C(=O)NC)[C@H](c2ccc(F)cc2C)C1.